The van der Waals surface area contributed by atoms with Crippen molar-refractivity contribution >= 4 is 0 Å². The van der Waals surface area contributed by atoms with Crippen molar-refractivity contribution < 1.29 is 4.42 Å². The zero-order valence-electron chi connectivity index (χ0n) is 12.1. The number of nitrogens with zero attached hydrogens (tertiary/aromatic N) is 2. The van der Waals surface area contributed by atoms with Crippen molar-refractivity contribution in [1.29, 1.82) is 0 Å². The van der Waals surface area contributed by atoms with Crippen molar-refractivity contribution in [3.63, 3.8) is 0 Å². The molecule has 0 spiro atoms. The number of aryl methyl sites for hydroxylation is 2. The number of aromatic nitrogens is 2. The Bertz CT molecular complexity index is 724. The maximum atomic E-state index is 12.0. The first-order valence-electron chi connectivity index (χ1n) is 6.45. The van der Waals surface area contributed by atoms with E-state index in [1.165, 1.54) is 11.6 Å². The second kappa shape index (κ2) is 5.50. The molecule has 1 atom stereocenters. The Morgan fingerprint density at radius 3 is 2.60 bits per heavy atom. The average molecular weight is 277 g/mol. The molecule has 0 amide bonds. The molecule has 1 unspecified atom stereocenters. The molecule has 20 heavy (non-hydrogen) atoms. The van der Waals surface area contributed by atoms with E-state index in [0.29, 0.717) is 12.1 Å². The summed E-state index contributed by atoms with van der Waals surface area (Å²) in [5.41, 5.74) is -0.0541. The summed E-state index contributed by atoms with van der Waals surface area (Å²) in [7, 11) is 3.11. The second-order valence-corrected chi connectivity index (χ2v) is 4.96. The Balaban J connectivity index is 2.16. The maximum absolute atomic E-state index is 12.0. The highest BCUT2D eigenvalue weighted by Crippen LogP contribution is 2.15. The fourth-order valence-electron chi connectivity index (χ4n) is 2.05. The van der Waals surface area contributed by atoms with Crippen molar-refractivity contribution in [3.05, 3.63) is 56.3 Å². The van der Waals surface area contributed by atoms with Gasteiger partial charge in [0.1, 0.15) is 11.5 Å². The highest BCUT2D eigenvalue weighted by atomic mass is 16.3. The molecule has 6 nitrogen and oxygen atoms in total. The molecule has 0 aromatic carbocycles. The normalized spacial score (nSPS) is 12.6. The van der Waals surface area contributed by atoms with E-state index in [0.717, 1.165) is 16.1 Å². The lowest BCUT2D eigenvalue weighted by Crippen LogP contribution is -2.39. The van der Waals surface area contributed by atoms with Crippen LogP contribution in [-0.2, 0) is 20.6 Å². The van der Waals surface area contributed by atoms with Crippen LogP contribution in [0.15, 0.2) is 32.3 Å². The molecule has 0 radical (unpaired) electrons. The second-order valence-electron chi connectivity index (χ2n) is 4.96. The highest BCUT2D eigenvalue weighted by molar-refractivity contribution is 5.10. The standard InChI is InChI=1S/C14H19N3O3/c1-9-5-6-12(20-9)10(2)15-7-11-8-16(3)14(19)17(4)13(11)18/h5-6,8,10,15H,7H2,1-4H3. The Kier molecular flexibility index (Phi) is 3.94. The minimum Gasteiger partial charge on any atom is -0.465 e. The van der Waals surface area contributed by atoms with Crippen LogP contribution in [0.3, 0.4) is 0 Å². The van der Waals surface area contributed by atoms with Gasteiger partial charge in [-0.25, -0.2) is 4.79 Å². The van der Waals surface area contributed by atoms with Crippen LogP contribution in [0.25, 0.3) is 0 Å². The highest BCUT2D eigenvalue weighted by Gasteiger charge is 2.11. The quantitative estimate of drug-likeness (QED) is 0.899. The van der Waals surface area contributed by atoms with Gasteiger partial charge in [-0.3, -0.25) is 9.36 Å². The first kappa shape index (κ1) is 14.3. The van der Waals surface area contributed by atoms with Crippen LogP contribution in [0, 0.1) is 6.92 Å². The molecule has 0 aliphatic rings. The van der Waals surface area contributed by atoms with Crippen LogP contribution in [-0.4, -0.2) is 9.13 Å². The summed E-state index contributed by atoms with van der Waals surface area (Å²) in [4.78, 5) is 23.6. The van der Waals surface area contributed by atoms with Gasteiger partial charge in [-0.05, 0) is 26.0 Å². The SMILES string of the molecule is Cc1ccc(C(C)NCc2cn(C)c(=O)n(C)c2=O)o1. The number of rotatable bonds is 4. The van der Waals surface area contributed by atoms with E-state index in [9.17, 15) is 9.59 Å². The van der Waals surface area contributed by atoms with Crippen LogP contribution in [0.2, 0.25) is 0 Å². The average Bonchev–Trinajstić information content (AvgIpc) is 2.85. The molecule has 0 aliphatic heterocycles. The fourth-order valence-corrected chi connectivity index (χ4v) is 2.05. The molecular weight excluding hydrogens is 258 g/mol. The number of hydrogen-bond donors (Lipinski definition) is 1. The minimum absolute atomic E-state index is 0.00867. The summed E-state index contributed by atoms with van der Waals surface area (Å²) < 4.78 is 8.04. The first-order valence-corrected chi connectivity index (χ1v) is 6.45. The number of hydrogen-bond acceptors (Lipinski definition) is 4. The molecule has 2 heterocycles. The minimum atomic E-state index is -0.326. The zero-order valence-corrected chi connectivity index (χ0v) is 12.1. The molecule has 0 saturated carbocycles. The van der Waals surface area contributed by atoms with Gasteiger partial charge in [-0.2, -0.15) is 0 Å². The van der Waals surface area contributed by atoms with Crippen LogP contribution in [0.5, 0.6) is 0 Å². The Labute approximate surface area is 116 Å². The van der Waals surface area contributed by atoms with Gasteiger partial charge in [0.25, 0.3) is 5.56 Å². The molecule has 2 aromatic rings. The van der Waals surface area contributed by atoms with E-state index in [1.54, 1.807) is 13.2 Å². The van der Waals surface area contributed by atoms with E-state index in [1.807, 2.05) is 26.0 Å². The Hall–Kier alpha value is -2.08. The smallest absolute Gasteiger partial charge is 0.330 e. The summed E-state index contributed by atoms with van der Waals surface area (Å²) in [5.74, 6) is 1.68. The molecule has 0 saturated heterocycles. The van der Waals surface area contributed by atoms with Crippen LogP contribution >= 0.6 is 0 Å². The molecule has 1 N–H and O–H groups in total. The molecule has 6 heteroatoms. The third-order valence-corrected chi connectivity index (χ3v) is 3.30. The van der Waals surface area contributed by atoms with Gasteiger partial charge in [0.2, 0.25) is 0 Å². The predicted octanol–water partition coefficient (Wildman–Crippen LogP) is 0.836. The third kappa shape index (κ3) is 2.75. The lowest BCUT2D eigenvalue weighted by atomic mass is 10.2. The van der Waals surface area contributed by atoms with E-state index in [4.69, 9.17) is 4.42 Å². The third-order valence-electron chi connectivity index (χ3n) is 3.30. The molecular formula is C14H19N3O3. The monoisotopic (exact) mass is 277 g/mol. The van der Waals surface area contributed by atoms with Gasteiger partial charge in [-0.1, -0.05) is 0 Å². The summed E-state index contributed by atoms with van der Waals surface area (Å²) in [6, 6.07) is 3.80. The predicted molar refractivity (Wildman–Crippen MR) is 75.6 cm³/mol. The summed E-state index contributed by atoms with van der Waals surface area (Å²) >= 11 is 0. The lowest BCUT2D eigenvalue weighted by molar-refractivity contribution is 0.414. The van der Waals surface area contributed by atoms with Crippen molar-refractivity contribution in [1.82, 2.24) is 14.5 Å². The largest absolute Gasteiger partial charge is 0.465 e. The topological polar surface area (TPSA) is 69.2 Å². The van der Waals surface area contributed by atoms with Crippen LogP contribution in [0.4, 0.5) is 0 Å². The number of furan rings is 1. The summed E-state index contributed by atoms with van der Waals surface area (Å²) in [5, 5.41) is 3.22. The Morgan fingerprint density at radius 2 is 2.00 bits per heavy atom. The van der Waals surface area contributed by atoms with Crippen molar-refractivity contribution in [2.24, 2.45) is 14.1 Å². The van der Waals surface area contributed by atoms with Gasteiger partial charge in [0.15, 0.2) is 0 Å². The van der Waals surface area contributed by atoms with Crippen molar-refractivity contribution in [2.75, 3.05) is 0 Å². The van der Waals surface area contributed by atoms with Gasteiger partial charge < -0.3 is 14.3 Å². The molecule has 0 fully saturated rings. The molecule has 2 aromatic heterocycles. The molecule has 0 bridgehead atoms. The fraction of sp³-hybridized carbons (Fsp3) is 0.429. The molecule has 0 aliphatic carbocycles. The molecule has 108 valence electrons. The van der Waals surface area contributed by atoms with Gasteiger partial charge in [-0.15, -0.1) is 0 Å². The zero-order chi connectivity index (χ0) is 14.9. The van der Waals surface area contributed by atoms with Crippen molar-refractivity contribution in [3.8, 4) is 0 Å². The van der Waals surface area contributed by atoms with Gasteiger partial charge >= 0.3 is 5.69 Å². The van der Waals surface area contributed by atoms with Gasteiger partial charge in [0.05, 0.1) is 6.04 Å². The van der Waals surface area contributed by atoms with E-state index in [2.05, 4.69) is 5.32 Å². The summed E-state index contributed by atoms with van der Waals surface area (Å²) in [6.45, 7) is 4.23. The van der Waals surface area contributed by atoms with E-state index < -0.39 is 0 Å². The first-order chi connectivity index (χ1) is 9.40. The van der Waals surface area contributed by atoms with Gasteiger partial charge in [0, 0.05) is 32.4 Å². The maximum Gasteiger partial charge on any atom is 0.330 e. The Morgan fingerprint density at radius 1 is 1.30 bits per heavy atom. The number of nitrogens with one attached hydrogen (secondary N) is 1. The van der Waals surface area contributed by atoms with E-state index >= 15 is 0 Å². The van der Waals surface area contributed by atoms with Crippen LogP contribution in [0.1, 0.15) is 30.0 Å². The van der Waals surface area contributed by atoms with Crippen molar-refractivity contribution in [2.45, 2.75) is 26.4 Å². The van der Waals surface area contributed by atoms with Crippen LogP contribution < -0.4 is 16.6 Å². The summed E-state index contributed by atoms with van der Waals surface area (Å²) in [6.07, 6.45) is 1.57. The lowest BCUT2D eigenvalue weighted by Gasteiger charge is -2.12. The van der Waals surface area contributed by atoms with E-state index in [-0.39, 0.29) is 17.3 Å². The molecule has 2 rings (SSSR count).